The molecule has 2 N–H and O–H groups in total. The second-order valence-corrected chi connectivity index (χ2v) is 3.95. The normalized spacial score (nSPS) is 23.3. The number of carbonyl (C=O) groups excluding carboxylic acids is 1. The summed E-state index contributed by atoms with van der Waals surface area (Å²) in [4.78, 5) is 22.6. The summed E-state index contributed by atoms with van der Waals surface area (Å²) in [6.07, 6.45) is 2.74. The molecule has 0 spiro atoms. The van der Waals surface area contributed by atoms with Crippen LogP contribution in [0.25, 0.3) is 0 Å². The minimum absolute atomic E-state index is 0.136. The summed E-state index contributed by atoms with van der Waals surface area (Å²) in [5.74, 6) is 3.74. The Labute approximate surface area is 95.4 Å². The average molecular weight is 223 g/mol. The van der Waals surface area contributed by atoms with E-state index in [0.29, 0.717) is 25.8 Å². The molecule has 2 atom stereocenters. The van der Waals surface area contributed by atoms with Gasteiger partial charge in [-0.25, -0.2) is 0 Å². The van der Waals surface area contributed by atoms with Crippen LogP contribution < -0.4 is 5.32 Å². The van der Waals surface area contributed by atoms with Crippen molar-refractivity contribution < 1.29 is 14.7 Å². The molecule has 1 amide bonds. The maximum absolute atomic E-state index is 11.7. The number of carboxylic acids is 1. The van der Waals surface area contributed by atoms with Crippen LogP contribution in [0.5, 0.6) is 0 Å². The van der Waals surface area contributed by atoms with E-state index < -0.39 is 11.9 Å². The van der Waals surface area contributed by atoms with Gasteiger partial charge in [-0.15, -0.1) is 11.8 Å². The third-order valence-corrected chi connectivity index (χ3v) is 2.90. The molecule has 1 aliphatic rings. The first-order chi connectivity index (χ1) is 7.66. The highest BCUT2D eigenvalue weighted by Crippen LogP contribution is 2.31. The standard InChI is InChI=1S/C12H17NO3/c1-2-3-4-8-13-11(14)9-6-5-7-10(9)12(15)16/h9-10H,4-8H2,1H3,(H,13,14)(H,15,16)/t9-,10+/m1/s1. The molecule has 4 nitrogen and oxygen atoms in total. The van der Waals surface area contributed by atoms with Gasteiger partial charge < -0.3 is 10.4 Å². The maximum Gasteiger partial charge on any atom is 0.307 e. The number of amides is 1. The lowest BCUT2D eigenvalue weighted by Gasteiger charge is -2.14. The zero-order valence-corrected chi connectivity index (χ0v) is 9.45. The second-order valence-electron chi connectivity index (χ2n) is 3.95. The molecule has 1 rings (SSSR count). The van der Waals surface area contributed by atoms with E-state index in [1.807, 2.05) is 0 Å². The zero-order valence-electron chi connectivity index (χ0n) is 9.45. The van der Waals surface area contributed by atoms with Crippen molar-refractivity contribution in [3.05, 3.63) is 0 Å². The van der Waals surface area contributed by atoms with Crippen molar-refractivity contribution in [2.75, 3.05) is 6.54 Å². The van der Waals surface area contributed by atoms with Gasteiger partial charge in [0.2, 0.25) is 5.91 Å². The molecule has 0 aliphatic heterocycles. The van der Waals surface area contributed by atoms with Crippen molar-refractivity contribution in [1.29, 1.82) is 0 Å². The number of carboxylic acid groups (broad SMARTS) is 1. The number of aliphatic carboxylic acids is 1. The van der Waals surface area contributed by atoms with Gasteiger partial charge in [-0.2, -0.15) is 0 Å². The molecule has 16 heavy (non-hydrogen) atoms. The van der Waals surface area contributed by atoms with Gasteiger partial charge in [0, 0.05) is 13.0 Å². The zero-order chi connectivity index (χ0) is 12.0. The number of hydrogen-bond donors (Lipinski definition) is 2. The third kappa shape index (κ3) is 3.27. The van der Waals surface area contributed by atoms with Crippen molar-refractivity contribution >= 4 is 11.9 Å². The van der Waals surface area contributed by atoms with Crippen molar-refractivity contribution in [2.24, 2.45) is 11.8 Å². The summed E-state index contributed by atoms with van der Waals surface area (Å²) in [5.41, 5.74) is 0. The second kappa shape index (κ2) is 6.16. The molecule has 0 bridgehead atoms. The summed E-state index contributed by atoms with van der Waals surface area (Å²) in [7, 11) is 0. The van der Waals surface area contributed by atoms with Crippen LogP contribution in [0.1, 0.15) is 32.6 Å². The molecular weight excluding hydrogens is 206 g/mol. The lowest BCUT2D eigenvalue weighted by Crippen LogP contribution is -2.35. The van der Waals surface area contributed by atoms with E-state index >= 15 is 0 Å². The largest absolute Gasteiger partial charge is 0.481 e. The fraction of sp³-hybridized carbons (Fsp3) is 0.667. The van der Waals surface area contributed by atoms with E-state index in [1.165, 1.54) is 0 Å². The Morgan fingerprint density at radius 1 is 1.38 bits per heavy atom. The van der Waals surface area contributed by atoms with Gasteiger partial charge in [-0.3, -0.25) is 9.59 Å². The van der Waals surface area contributed by atoms with Crippen molar-refractivity contribution in [2.45, 2.75) is 32.6 Å². The molecule has 1 saturated carbocycles. The molecule has 0 saturated heterocycles. The van der Waals surface area contributed by atoms with Gasteiger partial charge in [0.15, 0.2) is 0 Å². The molecule has 1 aliphatic carbocycles. The molecule has 0 aromatic rings. The maximum atomic E-state index is 11.7. The number of nitrogens with one attached hydrogen (secondary N) is 1. The van der Waals surface area contributed by atoms with E-state index in [-0.39, 0.29) is 11.8 Å². The van der Waals surface area contributed by atoms with Crippen LogP contribution >= 0.6 is 0 Å². The number of hydrogen-bond acceptors (Lipinski definition) is 2. The number of carbonyl (C=O) groups is 2. The smallest absolute Gasteiger partial charge is 0.307 e. The Kier molecular flexibility index (Phi) is 4.84. The Morgan fingerprint density at radius 2 is 2.06 bits per heavy atom. The van der Waals surface area contributed by atoms with Crippen LogP contribution in [-0.2, 0) is 9.59 Å². The molecule has 0 aromatic carbocycles. The van der Waals surface area contributed by atoms with Crippen LogP contribution in [0.2, 0.25) is 0 Å². The molecule has 0 aromatic heterocycles. The highest BCUT2D eigenvalue weighted by molar-refractivity contribution is 5.85. The average Bonchev–Trinajstić information content (AvgIpc) is 2.73. The lowest BCUT2D eigenvalue weighted by atomic mass is 9.95. The van der Waals surface area contributed by atoms with Crippen molar-refractivity contribution in [3.63, 3.8) is 0 Å². The van der Waals surface area contributed by atoms with Gasteiger partial charge >= 0.3 is 5.97 Å². The molecule has 4 heteroatoms. The first kappa shape index (κ1) is 12.6. The third-order valence-electron chi connectivity index (χ3n) is 2.90. The molecular formula is C12H17NO3. The molecule has 88 valence electrons. The predicted octanol–water partition coefficient (Wildman–Crippen LogP) is 1.02. The van der Waals surface area contributed by atoms with Crippen molar-refractivity contribution in [1.82, 2.24) is 5.32 Å². The minimum atomic E-state index is -0.856. The summed E-state index contributed by atoms with van der Waals surface area (Å²) in [6, 6.07) is 0. The van der Waals surface area contributed by atoms with E-state index in [2.05, 4.69) is 17.2 Å². The summed E-state index contributed by atoms with van der Waals surface area (Å²) in [6.45, 7) is 2.25. The SMILES string of the molecule is CC#CCCNC(=O)[C@@H]1CCC[C@@H]1C(=O)O. The van der Waals surface area contributed by atoms with Crippen molar-refractivity contribution in [3.8, 4) is 11.8 Å². The molecule has 0 heterocycles. The molecule has 0 radical (unpaired) electrons. The fourth-order valence-electron chi connectivity index (χ4n) is 2.07. The highest BCUT2D eigenvalue weighted by Gasteiger charge is 2.37. The van der Waals surface area contributed by atoms with E-state index in [9.17, 15) is 9.59 Å². The van der Waals surface area contributed by atoms with Gasteiger partial charge in [0.05, 0.1) is 11.8 Å². The van der Waals surface area contributed by atoms with Crippen LogP contribution in [0.4, 0.5) is 0 Å². The highest BCUT2D eigenvalue weighted by atomic mass is 16.4. The van der Waals surface area contributed by atoms with Crippen LogP contribution in [0, 0.1) is 23.7 Å². The Balaban J connectivity index is 2.40. The topological polar surface area (TPSA) is 66.4 Å². The van der Waals surface area contributed by atoms with Gasteiger partial charge in [0.1, 0.15) is 0 Å². The van der Waals surface area contributed by atoms with Gasteiger partial charge in [-0.05, 0) is 19.8 Å². The summed E-state index contributed by atoms with van der Waals surface area (Å²) < 4.78 is 0. The lowest BCUT2D eigenvalue weighted by molar-refractivity contribution is -0.146. The van der Waals surface area contributed by atoms with Crippen LogP contribution in [-0.4, -0.2) is 23.5 Å². The monoisotopic (exact) mass is 223 g/mol. The Hall–Kier alpha value is -1.50. The van der Waals surface area contributed by atoms with E-state index in [4.69, 9.17) is 5.11 Å². The summed E-state index contributed by atoms with van der Waals surface area (Å²) in [5, 5.41) is 11.7. The fourth-order valence-corrected chi connectivity index (χ4v) is 2.07. The van der Waals surface area contributed by atoms with E-state index in [1.54, 1.807) is 6.92 Å². The van der Waals surface area contributed by atoms with Crippen LogP contribution in [0.3, 0.4) is 0 Å². The Morgan fingerprint density at radius 3 is 2.69 bits per heavy atom. The first-order valence-corrected chi connectivity index (χ1v) is 5.57. The van der Waals surface area contributed by atoms with Gasteiger partial charge in [0.25, 0.3) is 0 Å². The van der Waals surface area contributed by atoms with Gasteiger partial charge in [-0.1, -0.05) is 6.42 Å². The molecule has 0 unspecified atom stereocenters. The van der Waals surface area contributed by atoms with Crippen LogP contribution in [0.15, 0.2) is 0 Å². The minimum Gasteiger partial charge on any atom is -0.481 e. The Bertz CT molecular complexity index is 327. The number of rotatable bonds is 4. The molecule has 1 fully saturated rings. The van der Waals surface area contributed by atoms with E-state index in [0.717, 1.165) is 6.42 Å². The predicted molar refractivity (Wildman–Crippen MR) is 59.5 cm³/mol. The quantitative estimate of drug-likeness (QED) is 0.552. The first-order valence-electron chi connectivity index (χ1n) is 5.57. The summed E-state index contributed by atoms with van der Waals surface area (Å²) >= 11 is 0.